The van der Waals surface area contributed by atoms with Crippen molar-refractivity contribution in [2.24, 2.45) is 0 Å². The minimum Gasteiger partial charge on any atom is -0.472 e. The van der Waals surface area contributed by atoms with Gasteiger partial charge in [0, 0.05) is 31.4 Å². The molecule has 19 heavy (non-hydrogen) atoms. The number of rotatable bonds is 7. The molecule has 0 saturated carbocycles. The Balaban J connectivity index is 1.90. The Morgan fingerprint density at radius 3 is 2.53 bits per heavy atom. The summed E-state index contributed by atoms with van der Waals surface area (Å²) in [4.78, 5) is 2.22. The maximum atomic E-state index is 5.09. The van der Waals surface area contributed by atoms with Crippen molar-refractivity contribution in [1.29, 1.82) is 0 Å². The first-order chi connectivity index (χ1) is 9.29. The lowest BCUT2D eigenvalue weighted by atomic mass is 10.2. The van der Waals surface area contributed by atoms with Crippen molar-refractivity contribution in [3.05, 3.63) is 54.0 Å². The number of furan rings is 1. The highest BCUT2D eigenvalue weighted by molar-refractivity contribution is 5.47. The summed E-state index contributed by atoms with van der Waals surface area (Å²) in [6, 6.07) is 10.7. The van der Waals surface area contributed by atoms with Crippen LogP contribution >= 0.6 is 0 Å². The largest absolute Gasteiger partial charge is 0.472 e. The standard InChI is InChI=1S/C16H22N2O/c1-3-9-17-11-14-4-6-16(7-5-14)18(2)12-15-8-10-19-13-15/h4-8,10,13,17H,3,9,11-12H2,1-2H3. The van der Waals surface area contributed by atoms with E-state index in [1.54, 1.807) is 12.5 Å². The lowest BCUT2D eigenvalue weighted by molar-refractivity contribution is 0.563. The van der Waals surface area contributed by atoms with Gasteiger partial charge in [0.1, 0.15) is 0 Å². The van der Waals surface area contributed by atoms with Crippen LogP contribution in [0.15, 0.2) is 47.3 Å². The van der Waals surface area contributed by atoms with Crippen LogP contribution in [0, 0.1) is 0 Å². The molecule has 0 aliphatic carbocycles. The Bertz CT molecular complexity index is 462. The highest BCUT2D eigenvalue weighted by Crippen LogP contribution is 2.16. The zero-order chi connectivity index (χ0) is 13.5. The van der Waals surface area contributed by atoms with E-state index in [0.29, 0.717) is 0 Å². The zero-order valence-electron chi connectivity index (χ0n) is 11.7. The molecule has 1 aromatic heterocycles. The summed E-state index contributed by atoms with van der Waals surface area (Å²) in [6.45, 7) is 5.06. The Labute approximate surface area is 115 Å². The predicted molar refractivity (Wildman–Crippen MR) is 79.3 cm³/mol. The average molecular weight is 258 g/mol. The molecule has 0 aliphatic rings. The lowest BCUT2D eigenvalue weighted by Gasteiger charge is -2.18. The molecule has 3 nitrogen and oxygen atoms in total. The van der Waals surface area contributed by atoms with Crippen LogP contribution in [0.1, 0.15) is 24.5 Å². The van der Waals surface area contributed by atoms with Gasteiger partial charge in [-0.15, -0.1) is 0 Å². The molecule has 1 heterocycles. The van der Waals surface area contributed by atoms with E-state index in [9.17, 15) is 0 Å². The van der Waals surface area contributed by atoms with Crippen molar-refractivity contribution in [3.8, 4) is 0 Å². The second-order valence-corrected chi connectivity index (χ2v) is 4.83. The van der Waals surface area contributed by atoms with Gasteiger partial charge in [-0.05, 0) is 36.7 Å². The molecule has 2 rings (SSSR count). The lowest BCUT2D eigenvalue weighted by Crippen LogP contribution is -2.16. The van der Waals surface area contributed by atoms with Gasteiger partial charge in [0.15, 0.2) is 0 Å². The minimum atomic E-state index is 0.865. The molecule has 1 N–H and O–H groups in total. The van der Waals surface area contributed by atoms with E-state index in [0.717, 1.165) is 19.6 Å². The van der Waals surface area contributed by atoms with E-state index in [1.165, 1.54) is 23.2 Å². The summed E-state index contributed by atoms with van der Waals surface area (Å²) < 4.78 is 5.09. The minimum absolute atomic E-state index is 0.865. The third-order valence-corrected chi connectivity index (χ3v) is 3.13. The van der Waals surface area contributed by atoms with Gasteiger partial charge in [-0.1, -0.05) is 19.1 Å². The highest BCUT2D eigenvalue weighted by Gasteiger charge is 2.03. The number of benzene rings is 1. The fourth-order valence-corrected chi connectivity index (χ4v) is 2.03. The topological polar surface area (TPSA) is 28.4 Å². The van der Waals surface area contributed by atoms with E-state index in [2.05, 4.69) is 48.5 Å². The molecule has 1 aromatic carbocycles. The Morgan fingerprint density at radius 2 is 1.89 bits per heavy atom. The summed E-state index contributed by atoms with van der Waals surface area (Å²) in [5.74, 6) is 0. The quantitative estimate of drug-likeness (QED) is 0.771. The summed E-state index contributed by atoms with van der Waals surface area (Å²) in [5.41, 5.74) is 3.74. The summed E-state index contributed by atoms with van der Waals surface area (Å²) in [6.07, 6.45) is 4.68. The average Bonchev–Trinajstić information content (AvgIpc) is 2.93. The zero-order valence-corrected chi connectivity index (χ0v) is 11.7. The molecule has 0 spiro atoms. The Hall–Kier alpha value is -1.74. The fraction of sp³-hybridized carbons (Fsp3) is 0.375. The normalized spacial score (nSPS) is 10.6. The van der Waals surface area contributed by atoms with E-state index >= 15 is 0 Å². The first-order valence-electron chi connectivity index (χ1n) is 6.81. The van der Waals surface area contributed by atoms with Gasteiger partial charge < -0.3 is 14.6 Å². The molecule has 3 heteroatoms. The van der Waals surface area contributed by atoms with E-state index in [1.807, 2.05) is 6.07 Å². The van der Waals surface area contributed by atoms with Crippen molar-refractivity contribution in [1.82, 2.24) is 5.32 Å². The van der Waals surface area contributed by atoms with Gasteiger partial charge >= 0.3 is 0 Å². The van der Waals surface area contributed by atoms with E-state index < -0.39 is 0 Å². The van der Waals surface area contributed by atoms with Crippen molar-refractivity contribution in [3.63, 3.8) is 0 Å². The number of hydrogen-bond donors (Lipinski definition) is 1. The third kappa shape index (κ3) is 4.14. The SMILES string of the molecule is CCCNCc1ccc(N(C)Cc2ccoc2)cc1. The van der Waals surface area contributed by atoms with Crippen LogP contribution < -0.4 is 10.2 Å². The first-order valence-corrected chi connectivity index (χ1v) is 6.81. The molecule has 0 radical (unpaired) electrons. The molecular weight excluding hydrogens is 236 g/mol. The van der Waals surface area contributed by atoms with Crippen molar-refractivity contribution in [2.75, 3.05) is 18.5 Å². The summed E-state index contributed by atoms with van der Waals surface area (Å²) >= 11 is 0. The van der Waals surface area contributed by atoms with Gasteiger partial charge in [0.25, 0.3) is 0 Å². The highest BCUT2D eigenvalue weighted by atomic mass is 16.3. The fourth-order valence-electron chi connectivity index (χ4n) is 2.03. The molecular formula is C16H22N2O. The molecule has 0 fully saturated rings. The Morgan fingerprint density at radius 1 is 1.11 bits per heavy atom. The molecule has 0 bridgehead atoms. The van der Waals surface area contributed by atoms with Crippen molar-refractivity contribution in [2.45, 2.75) is 26.4 Å². The molecule has 2 aromatic rings. The van der Waals surface area contributed by atoms with Crippen LogP contribution in [0.5, 0.6) is 0 Å². The smallest absolute Gasteiger partial charge is 0.0952 e. The van der Waals surface area contributed by atoms with Gasteiger partial charge in [0.05, 0.1) is 12.5 Å². The van der Waals surface area contributed by atoms with Crippen LogP contribution in [-0.2, 0) is 13.1 Å². The number of anilines is 1. The molecule has 0 saturated heterocycles. The predicted octanol–water partition coefficient (Wildman–Crippen LogP) is 3.42. The third-order valence-electron chi connectivity index (χ3n) is 3.13. The number of nitrogens with one attached hydrogen (secondary N) is 1. The van der Waals surface area contributed by atoms with Crippen LogP contribution in [0.3, 0.4) is 0 Å². The van der Waals surface area contributed by atoms with Gasteiger partial charge in [-0.25, -0.2) is 0 Å². The Kier molecular flexibility index (Phi) is 5.04. The van der Waals surface area contributed by atoms with E-state index in [4.69, 9.17) is 4.42 Å². The first kappa shape index (κ1) is 13.7. The number of hydrogen-bond acceptors (Lipinski definition) is 3. The molecule has 102 valence electrons. The van der Waals surface area contributed by atoms with Gasteiger partial charge in [0.2, 0.25) is 0 Å². The monoisotopic (exact) mass is 258 g/mol. The van der Waals surface area contributed by atoms with Gasteiger partial charge in [-0.3, -0.25) is 0 Å². The van der Waals surface area contributed by atoms with Crippen LogP contribution in [0.4, 0.5) is 5.69 Å². The molecule has 0 aliphatic heterocycles. The van der Waals surface area contributed by atoms with Crippen molar-refractivity contribution < 1.29 is 4.42 Å². The molecule has 0 atom stereocenters. The van der Waals surface area contributed by atoms with Crippen molar-refractivity contribution >= 4 is 5.69 Å². The van der Waals surface area contributed by atoms with Crippen LogP contribution in [0.2, 0.25) is 0 Å². The van der Waals surface area contributed by atoms with E-state index in [-0.39, 0.29) is 0 Å². The van der Waals surface area contributed by atoms with Crippen LogP contribution in [0.25, 0.3) is 0 Å². The van der Waals surface area contributed by atoms with Crippen LogP contribution in [-0.4, -0.2) is 13.6 Å². The second-order valence-electron chi connectivity index (χ2n) is 4.83. The maximum absolute atomic E-state index is 5.09. The maximum Gasteiger partial charge on any atom is 0.0952 e. The number of nitrogens with zero attached hydrogens (tertiary/aromatic N) is 1. The second kappa shape index (κ2) is 7.00. The summed E-state index contributed by atoms with van der Waals surface area (Å²) in [5, 5.41) is 3.41. The van der Waals surface area contributed by atoms with Gasteiger partial charge in [-0.2, -0.15) is 0 Å². The summed E-state index contributed by atoms with van der Waals surface area (Å²) in [7, 11) is 2.09. The molecule has 0 amide bonds. The molecule has 0 unspecified atom stereocenters.